The zero-order chi connectivity index (χ0) is 13.0. The molecular formula is C16H16O2. The predicted molar refractivity (Wildman–Crippen MR) is 73.8 cm³/mol. The van der Waals surface area contributed by atoms with E-state index in [2.05, 4.69) is 6.58 Å². The van der Waals surface area contributed by atoms with Gasteiger partial charge >= 0.3 is 0 Å². The average Bonchev–Trinajstić information content (AvgIpc) is 2.40. The molecule has 1 N–H and O–H groups in total. The first-order chi connectivity index (χ1) is 8.69. The van der Waals surface area contributed by atoms with Gasteiger partial charge in [-0.2, -0.15) is 0 Å². The lowest BCUT2D eigenvalue weighted by Gasteiger charge is -2.11. The third-order valence-corrected chi connectivity index (χ3v) is 2.71. The van der Waals surface area contributed by atoms with Crippen molar-refractivity contribution in [3.05, 3.63) is 61.2 Å². The van der Waals surface area contributed by atoms with E-state index in [1.165, 1.54) is 0 Å². The van der Waals surface area contributed by atoms with E-state index in [0.717, 1.165) is 16.9 Å². The standard InChI is InChI=1S/C16H16O2/c1-3-12(2)18-16-10-6-14(7-11-16)13-4-8-15(17)9-5-13/h3-12,17H,1H2,2H3. The summed E-state index contributed by atoms with van der Waals surface area (Å²) in [4.78, 5) is 0. The summed E-state index contributed by atoms with van der Waals surface area (Å²) in [6.07, 6.45) is 1.76. The summed E-state index contributed by atoms with van der Waals surface area (Å²) in [6.45, 7) is 5.63. The number of benzene rings is 2. The quantitative estimate of drug-likeness (QED) is 0.818. The first-order valence-electron chi connectivity index (χ1n) is 5.88. The summed E-state index contributed by atoms with van der Waals surface area (Å²) in [5, 5.41) is 9.24. The number of ether oxygens (including phenoxy) is 1. The molecule has 2 rings (SSSR count). The Morgan fingerprint density at radius 2 is 1.50 bits per heavy atom. The molecule has 1 unspecified atom stereocenters. The highest BCUT2D eigenvalue weighted by Gasteiger charge is 2.01. The van der Waals surface area contributed by atoms with Gasteiger partial charge in [-0.05, 0) is 42.3 Å². The molecule has 0 heterocycles. The molecule has 2 aromatic rings. The fourth-order valence-corrected chi connectivity index (χ4v) is 1.64. The van der Waals surface area contributed by atoms with Crippen LogP contribution in [0.15, 0.2) is 61.2 Å². The molecule has 2 heteroatoms. The molecule has 1 atom stereocenters. The Morgan fingerprint density at radius 1 is 1.00 bits per heavy atom. The largest absolute Gasteiger partial charge is 0.508 e. The minimum atomic E-state index is 0.00419. The number of hydrogen-bond acceptors (Lipinski definition) is 2. The number of phenolic OH excluding ortho intramolecular Hbond substituents is 1. The zero-order valence-corrected chi connectivity index (χ0v) is 10.3. The maximum absolute atomic E-state index is 9.24. The molecule has 0 fully saturated rings. The molecule has 0 amide bonds. The van der Waals surface area contributed by atoms with Gasteiger partial charge < -0.3 is 9.84 Å². The van der Waals surface area contributed by atoms with Crippen LogP contribution in [0.1, 0.15) is 6.92 Å². The second-order valence-corrected chi connectivity index (χ2v) is 4.13. The van der Waals surface area contributed by atoms with Crippen molar-refractivity contribution in [2.45, 2.75) is 13.0 Å². The maximum atomic E-state index is 9.24. The van der Waals surface area contributed by atoms with E-state index in [1.807, 2.05) is 43.3 Å². The van der Waals surface area contributed by atoms with Crippen LogP contribution in [-0.4, -0.2) is 11.2 Å². The molecule has 0 aliphatic rings. The lowest BCUT2D eigenvalue weighted by Crippen LogP contribution is -2.06. The normalized spacial score (nSPS) is 11.8. The number of phenols is 1. The van der Waals surface area contributed by atoms with Crippen molar-refractivity contribution in [2.75, 3.05) is 0 Å². The van der Waals surface area contributed by atoms with Crippen LogP contribution in [0.25, 0.3) is 11.1 Å². The summed E-state index contributed by atoms with van der Waals surface area (Å²) in [6, 6.07) is 15.0. The third kappa shape index (κ3) is 2.92. The molecule has 0 aliphatic carbocycles. The van der Waals surface area contributed by atoms with Gasteiger partial charge in [0.05, 0.1) is 0 Å². The van der Waals surface area contributed by atoms with Crippen molar-refractivity contribution in [3.63, 3.8) is 0 Å². The Morgan fingerprint density at radius 3 is 2.00 bits per heavy atom. The van der Waals surface area contributed by atoms with Crippen molar-refractivity contribution in [1.29, 1.82) is 0 Å². The van der Waals surface area contributed by atoms with Crippen LogP contribution in [-0.2, 0) is 0 Å². The highest BCUT2D eigenvalue weighted by molar-refractivity contribution is 5.64. The molecule has 0 radical (unpaired) electrons. The summed E-state index contributed by atoms with van der Waals surface area (Å²) in [5.41, 5.74) is 2.16. The lowest BCUT2D eigenvalue weighted by atomic mass is 10.1. The van der Waals surface area contributed by atoms with Crippen LogP contribution in [0.3, 0.4) is 0 Å². The fraction of sp³-hybridized carbons (Fsp3) is 0.125. The van der Waals surface area contributed by atoms with Crippen LogP contribution in [0, 0.1) is 0 Å². The van der Waals surface area contributed by atoms with Gasteiger partial charge in [-0.25, -0.2) is 0 Å². The van der Waals surface area contributed by atoms with Gasteiger partial charge in [-0.3, -0.25) is 0 Å². The Hall–Kier alpha value is -2.22. The van der Waals surface area contributed by atoms with E-state index < -0.39 is 0 Å². The van der Waals surface area contributed by atoms with Gasteiger partial charge in [0.2, 0.25) is 0 Å². The minimum absolute atomic E-state index is 0.00419. The number of hydrogen-bond donors (Lipinski definition) is 1. The maximum Gasteiger partial charge on any atom is 0.120 e. The Bertz CT molecular complexity index is 512. The second-order valence-electron chi connectivity index (χ2n) is 4.13. The Labute approximate surface area is 107 Å². The van der Waals surface area contributed by atoms with E-state index in [4.69, 9.17) is 4.74 Å². The highest BCUT2D eigenvalue weighted by atomic mass is 16.5. The summed E-state index contributed by atoms with van der Waals surface area (Å²) in [5.74, 6) is 1.10. The molecule has 0 saturated carbocycles. The van der Waals surface area contributed by atoms with Gasteiger partial charge in [0, 0.05) is 0 Å². The zero-order valence-electron chi connectivity index (χ0n) is 10.3. The number of aromatic hydroxyl groups is 1. The minimum Gasteiger partial charge on any atom is -0.508 e. The van der Waals surface area contributed by atoms with Gasteiger partial charge in [0.1, 0.15) is 17.6 Å². The van der Waals surface area contributed by atoms with Crippen LogP contribution >= 0.6 is 0 Å². The van der Waals surface area contributed by atoms with Crippen LogP contribution in [0.4, 0.5) is 0 Å². The molecule has 2 nitrogen and oxygen atoms in total. The number of rotatable bonds is 4. The Kier molecular flexibility index (Phi) is 3.68. The summed E-state index contributed by atoms with van der Waals surface area (Å²) < 4.78 is 5.62. The van der Waals surface area contributed by atoms with Gasteiger partial charge in [0.25, 0.3) is 0 Å². The SMILES string of the molecule is C=CC(C)Oc1ccc(-c2ccc(O)cc2)cc1. The highest BCUT2D eigenvalue weighted by Crippen LogP contribution is 2.24. The molecule has 0 spiro atoms. The van der Waals surface area contributed by atoms with E-state index in [0.29, 0.717) is 0 Å². The molecule has 0 aromatic heterocycles. The van der Waals surface area contributed by atoms with Gasteiger partial charge in [-0.15, -0.1) is 0 Å². The van der Waals surface area contributed by atoms with E-state index in [1.54, 1.807) is 18.2 Å². The van der Waals surface area contributed by atoms with E-state index >= 15 is 0 Å². The molecule has 0 aliphatic heterocycles. The van der Waals surface area contributed by atoms with Crippen molar-refractivity contribution in [3.8, 4) is 22.6 Å². The first-order valence-corrected chi connectivity index (χ1v) is 5.88. The predicted octanol–water partition coefficient (Wildman–Crippen LogP) is 4.01. The third-order valence-electron chi connectivity index (χ3n) is 2.71. The lowest BCUT2D eigenvalue weighted by molar-refractivity contribution is 0.270. The van der Waals surface area contributed by atoms with Crippen molar-refractivity contribution < 1.29 is 9.84 Å². The monoisotopic (exact) mass is 240 g/mol. The smallest absolute Gasteiger partial charge is 0.120 e. The summed E-state index contributed by atoms with van der Waals surface area (Å²) >= 11 is 0. The average molecular weight is 240 g/mol. The van der Waals surface area contributed by atoms with Crippen LogP contribution in [0.2, 0.25) is 0 Å². The van der Waals surface area contributed by atoms with Crippen molar-refractivity contribution in [2.24, 2.45) is 0 Å². The summed E-state index contributed by atoms with van der Waals surface area (Å²) in [7, 11) is 0. The molecule has 92 valence electrons. The topological polar surface area (TPSA) is 29.5 Å². The molecule has 0 saturated heterocycles. The van der Waals surface area contributed by atoms with Crippen LogP contribution < -0.4 is 4.74 Å². The van der Waals surface area contributed by atoms with Crippen molar-refractivity contribution >= 4 is 0 Å². The first kappa shape index (κ1) is 12.2. The molecule has 18 heavy (non-hydrogen) atoms. The second kappa shape index (κ2) is 5.41. The van der Waals surface area contributed by atoms with E-state index in [-0.39, 0.29) is 11.9 Å². The molecule has 2 aromatic carbocycles. The van der Waals surface area contributed by atoms with Crippen molar-refractivity contribution in [1.82, 2.24) is 0 Å². The van der Waals surface area contributed by atoms with Crippen LogP contribution in [0.5, 0.6) is 11.5 Å². The van der Waals surface area contributed by atoms with Gasteiger partial charge in [-0.1, -0.05) is 36.9 Å². The Balaban J connectivity index is 2.17. The molecule has 0 bridgehead atoms. The molecular weight excluding hydrogens is 224 g/mol. The van der Waals surface area contributed by atoms with Gasteiger partial charge in [0.15, 0.2) is 0 Å². The fourth-order valence-electron chi connectivity index (χ4n) is 1.64. The van der Waals surface area contributed by atoms with E-state index in [9.17, 15) is 5.11 Å².